The molecule has 1 aromatic carbocycles. The molecular formula is C20H20N4O2. The Morgan fingerprint density at radius 3 is 2.46 bits per heavy atom. The number of anilines is 1. The molecule has 2 heterocycles. The molecule has 1 amide bonds. The number of rotatable bonds is 3. The highest BCUT2D eigenvalue weighted by Gasteiger charge is 2.15. The van der Waals surface area contributed by atoms with Crippen LogP contribution >= 0.6 is 0 Å². The molecule has 0 aliphatic carbocycles. The number of benzene rings is 1. The maximum Gasteiger partial charge on any atom is 0.271 e. The van der Waals surface area contributed by atoms with Crippen LogP contribution in [0.1, 0.15) is 36.7 Å². The van der Waals surface area contributed by atoms with Gasteiger partial charge >= 0.3 is 0 Å². The first-order valence-corrected chi connectivity index (χ1v) is 8.25. The van der Waals surface area contributed by atoms with Gasteiger partial charge in [-0.15, -0.1) is 0 Å². The summed E-state index contributed by atoms with van der Waals surface area (Å²) in [6, 6.07) is 10.7. The number of aromatic amines is 1. The Kier molecular flexibility index (Phi) is 4.67. The highest BCUT2D eigenvalue weighted by molar-refractivity contribution is 6.04. The molecule has 0 aliphatic heterocycles. The summed E-state index contributed by atoms with van der Waals surface area (Å²) in [6.07, 6.45) is 4.59. The standard InChI is InChI=1S/C20H20N4O2/c1-20(2,3)15-6-4-13(5-7-15)18(25)24-17-10-14(11-22-19(17)26)16-8-9-21-12-23-16/h4-12H,1-3H3,(H,22,26)(H,24,25). The van der Waals surface area contributed by atoms with Gasteiger partial charge in [0.2, 0.25) is 0 Å². The second-order valence-electron chi connectivity index (χ2n) is 7.01. The number of nitrogens with zero attached hydrogens (tertiary/aromatic N) is 2. The number of nitrogens with one attached hydrogen (secondary N) is 2. The van der Waals surface area contributed by atoms with E-state index in [2.05, 4.69) is 41.0 Å². The van der Waals surface area contributed by atoms with Crippen LogP contribution in [-0.2, 0) is 5.41 Å². The molecular weight excluding hydrogens is 328 g/mol. The van der Waals surface area contributed by atoms with Crippen LogP contribution in [0.2, 0.25) is 0 Å². The average molecular weight is 348 g/mol. The quantitative estimate of drug-likeness (QED) is 0.759. The Morgan fingerprint density at radius 2 is 1.85 bits per heavy atom. The predicted octanol–water partition coefficient (Wildman–Crippen LogP) is 3.38. The Labute approximate surface area is 151 Å². The number of hydrogen-bond donors (Lipinski definition) is 2. The number of hydrogen-bond acceptors (Lipinski definition) is 4. The summed E-state index contributed by atoms with van der Waals surface area (Å²) in [5.74, 6) is -0.337. The van der Waals surface area contributed by atoms with Gasteiger partial charge in [0.1, 0.15) is 12.0 Å². The van der Waals surface area contributed by atoms with Crippen LogP contribution in [0.5, 0.6) is 0 Å². The van der Waals surface area contributed by atoms with Crippen molar-refractivity contribution >= 4 is 11.6 Å². The van der Waals surface area contributed by atoms with Gasteiger partial charge in [-0.3, -0.25) is 9.59 Å². The number of carbonyl (C=O) groups is 1. The van der Waals surface area contributed by atoms with Crippen LogP contribution in [0.4, 0.5) is 5.69 Å². The highest BCUT2D eigenvalue weighted by atomic mass is 16.2. The number of pyridine rings is 1. The molecule has 0 radical (unpaired) electrons. The van der Waals surface area contributed by atoms with Gasteiger partial charge in [0.25, 0.3) is 11.5 Å². The lowest BCUT2D eigenvalue weighted by Gasteiger charge is -2.19. The first kappa shape index (κ1) is 17.5. The smallest absolute Gasteiger partial charge is 0.271 e. The van der Waals surface area contributed by atoms with Gasteiger partial charge in [0.05, 0.1) is 5.69 Å². The molecule has 0 bridgehead atoms. The minimum atomic E-state index is -0.373. The number of aromatic nitrogens is 3. The zero-order valence-corrected chi connectivity index (χ0v) is 14.9. The third kappa shape index (κ3) is 3.85. The summed E-state index contributed by atoms with van der Waals surface area (Å²) in [5.41, 5.74) is 2.78. The normalized spacial score (nSPS) is 11.2. The molecule has 2 N–H and O–H groups in total. The topological polar surface area (TPSA) is 87.7 Å². The average Bonchev–Trinajstić information content (AvgIpc) is 2.63. The minimum absolute atomic E-state index is 0.0119. The maximum atomic E-state index is 12.5. The lowest BCUT2D eigenvalue weighted by molar-refractivity contribution is 0.102. The van der Waals surface area contributed by atoms with Gasteiger partial charge in [-0.05, 0) is 35.2 Å². The Morgan fingerprint density at radius 1 is 1.12 bits per heavy atom. The van der Waals surface area contributed by atoms with Crippen molar-refractivity contribution in [3.63, 3.8) is 0 Å². The lowest BCUT2D eigenvalue weighted by Crippen LogP contribution is -2.20. The van der Waals surface area contributed by atoms with Crippen LogP contribution in [0, 0.1) is 0 Å². The summed E-state index contributed by atoms with van der Waals surface area (Å²) in [6.45, 7) is 6.33. The highest BCUT2D eigenvalue weighted by Crippen LogP contribution is 2.22. The summed E-state index contributed by atoms with van der Waals surface area (Å²) in [5, 5.41) is 2.67. The number of amides is 1. The lowest BCUT2D eigenvalue weighted by atomic mass is 9.87. The summed E-state index contributed by atoms with van der Waals surface area (Å²) in [4.78, 5) is 35.2. The van der Waals surface area contributed by atoms with E-state index in [1.807, 2.05) is 12.1 Å². The molecule has 0 unspecified atom stereocenters. The number of carbonyl (C=O) groups excluding carboxylic acids is 1. The Bertz CT molecular complexity index is 971. The van der Waals surface area contributed by atoms with Crippen molar-refractivity contribution in [2.45, 2.75) is 26.2 Å². The van der Waals surface area contributed by atoms with Crippen molar-refractivity contribution < 1.29 is 4.79 Å². The van der Waals surface area contributed by atoms with Gasteiger partial charge < -0.3 is 10.3 Å². The van der Waals surface area contributed by atoms with Crippen LogP contribution in [0.15, 0.2) is 59.9 Å². The van der Waals surface area contributed by atoms with E-state index < -0.39 is 0 Å². The van der Waals surface area contributed by atoms with E-state index in [0.717, 1.165) is 5.56 Å². The third-order valence-corrected chi connectivity index (χ3v) is 4.04. The van der Waals surface area contributed by atoms with Gasteiger partial charge in [-0.1, -0.05) is 32.9 Å². The first-order chi connectivity index (χ1) is 12.3. The molecule has 0 fully saturated rings. The molecule has 0 aliphatic rings. The van der Waals surface area contributed by atoms with E-state index in [4.69, 9.17) is 0 Å². The van der Waals surface area contributed by atoms with E-state index in [1.54, 1.807) is 36.7 Å². The van der Waals surface area contributed by atoms with Crippen LogP contribution < -0.4 is 10.9 Å². The molecule has 2 aromatic heterocycles. The van der Waals surface area contributed by atoms with Gasteiger partial charge in [-0.2, -0.15) is 0 Å². The third-order valence-electron chi connectivity index (χ3n) is 4.04. The molecule has 3 aromatic rings. The van der Waals surface area contributed by atoms with Crippen molar-refractivity contribution in [3.8, 4) is 11.3 Å². The van der Waals surface area contributed by atoms with Crippen molar-refractivity contribution in [2.24, 2.45) is 0 Å². The molecule has 132 valence electrons. The molecule has 6 heteroatoms. The second kappa shape index (κ2) is 6.92. The molecule has 0 spiro atoms. The maximum absolute atomic E-state index is 12.5. The van der Waals surface area contributed by atoms with Crippen LogP contribution in [0.3, 0.4) is 0 Å². The van der Waals surface area contributed by atoms with E-state index in [0.29, 0.717) is 16.8 Å². The predicted molar refractivity (Wildman–Crippen MR) is 101 cm³/mol. The zero-order valence-electron chi connectivity index (χ0n) is 14.9. The van der Waals surface area contributed by atoms with Crippen molar-refractivity contribution in [2.75, 3.05) is 5.32 Å². The zero-order chi connectivity index (χ0) is 18.7. The molecule has 6 nitrogen and oxygen atoms in total. The van der Waals surface area contributed by atoms with Gasteiger partial charge in [-0.25, -0.2) is 9.97 Å². The molecule has 0 saturated heterocycles. The monoisotopic (exact) mass is 348 g/mol. The van der Waals surface area contributed by atoms with E-state index in [9.17, 15) is 9.59 Å². The van der Waals surface area contributed by atoms with Crippen LogP contribution in [0.25, 0.3) is 11.3 Å². The van der Waals surface area contributed by atoms with Gasteiger partial charge in [0, 0.05) is 23.5 Å². The van der Waals surface area contributed by atoms with Crippen molar-refractivity contribution in [1.29, 1.82) is 0 Å². The largest absolute Gasteiger partial charge is 0.327 e. The number of H-pyrrole nitrogens is 1. The summed E-state index contributed by atoms with van der Waals surface area (Å²) in [7, 11) is 0. The van der Waals surface area contributed by atoms with Crippen molar-refractivity contribution in [3.05, 3.63) is 76.6 Å². The van der Waals surface area contributed by atoms with E-state index >= 15 is 0 Å². The van der Waals surface area contributed by atoms with Crippen LogP contribution in [-0.4, -0.2) is 20.9 Å². The SMILES string of the molecule is CC(C)(C)c1ccc(C(=O)Nc2cc(-c3ccncn3)c[nH]c2=O)cc1. The second-order valence-corrected chi connectivity index (χ2v) is 7.01. The Hall–Kier alpha value is -3.28. The first-order valence-electron chi connectivity index (χ1n) is 8.25. The molecule has 3 rings (SSSR count). The fourth-order valence-corrected chi connectivity index (χ4v) is 2.50. The molecule has 0 saturated carbocycles. The fraction of sp³-hybridized carbons (Fsp3) is 0.200. The molecule has 26 heavy (non-hydrogen) atoms. The minimum Gasteiger partial charge on any atom is -0.327 e. The summed E-state index contributed by atoms with van der Waals surface area (Å²) >= 11 is 0. The fourth-order valence-electron chi connectivity index (χ4n) is 2.50. The van der Waals surface area contributed by atoms with Gasteiger partial charge in [0.15, 0.2) is 0 Å². The van der Waals surface area contributed by atoms with E-state index in [-0.39, 0.29) is 22.6 Å². The molecule has 0 atom stereocenters. The van der Waals surface area contributed by atoms with E-state index in [1.165, 1.54) is 6.33 Å². The Balaban J connectivity index is 1.84. The summed E-state index contributed by atoms with van der Waals surface area (Å²) < 4.78 is 0. The van der Waals surface area contributed by atoms with Crippen molar-refractivity contribution in [1.82, 2.24) is 15.0 Å².